The molecule has 3 rings (SSSR count). The molecule has 1 aromatic heterocycles. The van der Waals surface area contributed by atoms with Gasteiger partial charge in [-0.3, -0.25) is 4.79 Å². The fraction of sp³-hybridized carbons (Fsp3) is 0.444. The van der Waals surface area contributed by atoms with Crippen LogP contribution in [0.5, 0.6) is 5.75 Å². The summed E-state index contributed by atoms with van der Waals surface area (Å²) in [6.45, 7) is 2.88. The number of ether oxygens (including phenoxy) is 1. The fourth-order valence-electron chi connectivity index (χ4n) is 3.07. The van der Waals surface area contributed by atoms with Crippen molar-refractivity contribution in [3.63, 3.8) is 0 Å². The predicted molar refractivity (Wildman–Crippen MR) is 105 cm³/mol. The van der Waals surface area contributed by atoms with Crippen LogP contribution < -0.4 is 15.8 Å². The van der Waals surface area contributed by atoms with E-state index in [4.69, 9.17) is 10.5 Å². The third-order valence-corrected chi connectivity index (χ3v) is 4.33. The molecular formula is C18H25Cl2N3O2. The molecule has 1 saturated carbocycles. The summed E-state index contributed by atoms with van der Waals surface area (Å²) in [6, 6.07) is 10.1. The zero-order valence-electron chi connectivity index (χ0n) is 14.2. The maximum absolute atomic E-state index is 12.0. The number of fused-ring (bicyclic) bond motifs is 1. The van der Waals surface area contributed by atoms with Gasteiger partial charge in [0.05, 0.1) is 6.54 Å². The van der Waals surface area contributed by atoms with Crippen molar-refractivity contribution < 1.29 is 9.53 Å². The quantitative estimate of drug-likeness (QED) is 0.775. The van der Waals surface area contributed by atoms with Gasteiger partial charge in [-0.05, 0) is 38.3 Å². The van der Waals surface area contributed by atoms with Gasteiger partial charge in [-0.25, -0.2) is 4.98 Å². The molecular weight excluding hydrogens is 361 g/mol. The molecule has 25 heavy (non-hydrogen) atoms. The van der Waals surface area contributed by atoms with Gasteiger partial charge in [-0.15, -0.1) is 24.8 Å². The van der Waals surface area contributed by atoms with Crippen LogP contribution in [0.25, 0.3) is 10.9 Å². The molecule has 1 amide bonds. The van der Waals surface area contributed by atoms with Crippen LogP contribution in [0.15, 0.2) is 30.3 Å². The van der Waals surface area contributed by atoms with Crippen LogP contribution in [0.3, 0.4) is 0 Å². The Morgan fingerprint density at radius 2 is 2.08 bits per heavy atom. The maximum Gasteiger partial charge on any atom is 0.223 e. The number of carbonyl (C=O) groups excluding carboxylic acids is 1. The first kappa shape index (κ1) is 21.5. The van der Waals surface area contributed by atoms with E-state index in [9.17, 15) is 4.79 Å². The predicted octanol–water partition coefficient (Wildman–Crippen LogP) is 3.01. The lowest BCUT2D eigenvalue weighted by Crippen LogP contribution is -2.33. The lowest BCUT2D eigenvalue weighted by Gasteiger charge is -2.12. The SMILES string of the molecule is Cc1ccc2cccc(OCCNC(=O)[C@H]3CC[C@@H](N)C3)c2n1.Cl.Cl. The maximum atomic E-state index is 12.0. The summed E-state index contributed by atoms with van der Waals surface area (Å²) in [4.78, 5) is 16.6. The highest BCUT2D eigenvalue weighted by atomic mass is 35.5. The largest absolute Gasteiger partial charge is 0.489 e. The van der Waals surface area contributed by atoms with Crippen molar-refractivity contribution in [1.82, 2.24) is 10.3 Å². The van der Waals surface area contributed by atoms with Gasteiger partial charge in [0.25, 0.3) is 0 Å². The van der Waals surface area contributed by atoms with Crippen LogP contribution in [0.1, 0.15) is 25.0 Å². The molecule has 3 N–H and O–H groups in total. The second kappa shape index (κ2) is 9.80. The molecule has 2 aromatic rings. The number of hydrogen-bond acceptors (Lipinski definition) is 4. The molecule has 138 valence electrons. The average Bonchev–Trinajstić information content (AvgIpc) is 2.98. The first-order valence-electron chi connectivity index (χ1n) is 8.16. The number of nitrogens with two attached hydrogens (primary N) is 1. The first-order chi connectivity index (χ1) is 11.1. The zero-order chi connectivity index (χ0) is 16.2. The second-order valence-electron chi connectivity index (χ2n) is 6.19. The monoisotopic (exact) mass is 385 g/mol. The number of aryl methyl sites for hydroxylation is 1. The van der Waals surface area contributed by atoms with Crippen LogP contribution >= 0.6 is 24.8 Å². The number of benzene rings is 1. The standard InChI is InChI=1S/C18H23N3O2.2ClH/c1-12-5-6-13-3-2-4-16(17(13)21-12)23-10-9-20-18(22)14-7-8-15(19)11-14;;/h2-6,14-15H,7-11,19H2,1H3,(H,20,22);2*1H/t14-,15+;;/m0../s1. The molecule has 0 radical (unpaired) electrons. The zero-order valence-corrected chi connectivity index (χ0v) is 15.9. The average molecular weight is 386 g/mol. The van der Waals surface area contributed by atoms with E-state index in [-0.39, 0.29) is 42.7 Å². The molecule has 0 aliphatic heterocycles. The first-order valence-corrected chi connectivity index (χ1v) is 8.16. The van der Waals surface area contributed by atoms with Crippen LogP contribution in [0, 0.1) is 12.8 Å². The third kappa shape index (κ3) is 5.46. The lowest BCUT2D eigenvalue weighted by molar-refractivity contribution is -0.124. The Morgan fingerprint density at radius 3 is 2.80 bits per heavy atom. The van der Waals surface area contributed by atoms with Gasteiger partial charge in [-0.2, -0.15) is 0 Å². The normalized spacial score (nSPS) is 19.0. The number of carbonyl (C=O) groups is 1. The summed E-state index contributed by atoms with van der Waals surface area (Å²) < 4.78 is 5.81. The van der Waals surface area contributed by atoms with Gasteiger partial charge in [0.15, 0.2) is 0 Å². The Labute approximate surface area is 160 Å². The molecule has 1 aromatic carbocycles. The van der Waals surface area contributed by atoms with Crippen molar-refractivity contribution in [2.24, 2.45) is 11.7 Å². The van der Waals surface area contributed by atoms with Crippen LogP contribution in [0.2, 0.25) is 0 Å². The fourth-order valence-corrected chi connectivity index (χ4v) is 3.07. The van der Waals surface area contributed by atoms with Crippen LogP contribution in [0.4, 0.5) is 0 Å². The van der Waals surface area contributed by atoms with E-state index in [1.807, 2.05) is 37.3 Å². The molecule has 0 bridgehead atoms. The Balaban J connectivity index is 0.00000156. The van der Waals surface area contributed by atoms with Crippen molar-refractivity contribution >= 4 is 41.6 Å². The third-order valence-electron chi connectivity index (χ3n) is 4.33. The molecule has 1 aliphatic rings. The molecule has 0 unspecified atom stereocenters. The molecule has 2 atom stereocenters. The number of rotatable bonds is 5. The van der Waals surface area contributed by atoms with E-state index in [1.54, 1.807) is 0 Å². The van der Waals surface area contributed by atoms with Gasteiger partial charge in [-0.1, -0.05) is 18.2 Å². The number of pyridine rings is 1. The van der Waals surface area contributed by atoms with Gasteiger partial charge in [0, 0.05) is 23.0 Å². The van der Waals surface area contributed by atoms with E-state index in [0.717, 1.165) is 41.6 Å². The second-order valence-corrected chi connectivity index (χ2v) is 6.19. The Kier molecular flexibility index (Phi) is 8.42. The molecule has 7 heteroatoms. The van der Waals surface area contributed by atoms with E-state index >= 15 is 0 Å². The van der Waals surface area contributed by atoms with E-state index < -0.39 is 0 Å². The van der Waals surface area contributed by atoms with Crippen molar-refractivity contribution in [3.8, 4) is 5.75 Å². The van der Waals surface area contributed by atoms with Crippen LogP contribution in [-0.4, -0.2) is 30.1 Å². The molecule has 0 spiro atoms. The molecule has 1 fully saturated rings. The van der Waals surface area contributed by atoms with Crippen molar-refractivity contribution in [2.45, 2.75) is 32.2 Å². The van der Waals surface area contributed by atoms with E-state index in [0.29, 0.717) is 13.2 Å². The molecule has 1 heterocycles. The highest BCUT2D eigenvalue weighted by Gasteiger charge is 2.27. The number of amides is 1. The number of aromatic nitrogens is 1. The van der Waals surface area contributed by atoms with E-state index in [1.165, 1.54) is 0 Å². The highest BCUT2D eigenvalue weighted by Crippen LogP contribution is 2.25. The lowest BCUT2D eigenvalue weighted by atomic mass is 10.1. The summed E-state index contributed by atoms with van der Waals surface area (Å²) in [5, 5.41) is 3.99. The van der Waals surface area contributed by atoms with Crippen molar-refractivity contribution in [3.05, 3.63) is 36.0 Å². The minimum absolute atomic E-state index is 0. The number of nitrogens with zero attached hydrogens (tertiary/aromatic N) is 1. The Hall–Kier alpha value is -1.56. The van der Waals surface area contributed by atoms with Gasteiger partial charge in [0.1, 0.15) is 17.9 Å². The van der Waals surface area contributed by atoms with Gasteiger partial charge >= 0.3 is 0 Å². The number of para-hydroxylation sites is 1. The van der Waals surface area contributed by atoms with E-state index in [2.05, 4.69) is 10.3 Å². The minimum atomic E-state index is 0. The Bertz CT molecular complexity index is 712. The number of hydrogen-bond donors (Lipinski definition) is 2. The summed E-state index contributed by atoms with van der Waals surface area (Å²) in [7, 11) is 0. The van der Waals surface area contributed by atoms with Crippen molar-refractivity contribution in [1.29, 1.82) is 0 Å². The summed E-state index contributed by atoms with van der Waals surface area (Å²) in [6.07, 6.45) is 2.62. The van der Waals surface area contributed by atoms with Gasteiger partial charge in [0.2, 0.25) is 5.91 Å². The van der Waals surface area contributed by atoms with Crippen LogP contribution in [-0.2, 0) is 4.79 Å². The summed E-state index contributed by atoms with van der Waals surface area (Å²) in [5.41, 5.74) is 7.67. The molecule has 1 aliphatic carbocycles. The smallest absolute Gasteiger partial charge is 0.223 e. The number of halogens is 2. The summed E-state index contributed by atoms with van der Waals surface area (Å²) >= 11 is 0. The van der Waals surface area contributed by atoms with Crippen molar-refractivity contribution in [2.75, 3.05) is 13.2 Å². The Morgan fingerprint density at radius 1 is 1.28 bits per heavy atom. The number of nitrogens with one attached hydrogen (secondary N) is 1. The molecule has 5 nitrogen and oxygen atoms in total. The van der Waals surface area contributed by atoms with Gasteiger partial charge < -0.3 is 15.8 Å². The summed E-state index contributed by atoms with van der Waals surface area (Å²) in [5.74, 6) is 0.906. The highest BCUT2D eigenvalue weighted by molar-refractivity contribution is 5.86. The topological polar surface area (TPSA) is 77.2 Å². The minimum Gasteiger partial charge on any atom is -0.489 e. The molecule has 0 saturated heterocycles.